The molecule has 0 saturated heterocycles. The van der Waals surface area contributed by atoms with E-state index in [-0.39, 0.29) is 6.04 Å². The summed E-state index contributed by atoms with van der Waals surface area (Å²) >= 11 is 0. The Morgan fingerprint density at radius 3 is 2.78 bits per heavy atom. The molecule has 0 aliphatic heterocycles. The molecule has 1 heterocycles. The van der Waals surface area contributed by atoms with Crippen LogP contribution >= 0.6 is 0 Å². The smallest absolute Gasteiger partial charge is 0.138 e. The topological polar surface area (TPSA) is 58.3 Å². The fraction of sp³-hybridized carbons (Fsp3) is 0.357. The highest BCUT2D eigenvalue weighted by Gasteiger charge is 2.11. The molecule has 96 valence electrons. The van der Waals surface area contributed by atoms with Crippen molar-refractivity contribution in [1.29, 1.82) is 0 Å². The normalized spacial score (nSPS) is 12.6. The van der Waals surface area contributed by atoms with Gasteiger partial charge in [-0.15, -0.1) is 0 Å². The van der Waals surface area contributed by atoms with E-state index in [1.165, 1.54) is 0 Å². The van der Waals surface area contributed by atoms with Crippen LogP contribution < -0.4 is 5.32 Å². The second kappa shape index (κ2) is 5.23. The van der Waals surface area contributed by atoms with Gasteiger partial charge in [0.1, 0.15) is 11.5 Å². The van der Waals surface area contributed by atoms with Crippen LogP contribution in [0.25, 0.3) is 0 Å². The predicted octanol–water partition coefficient (Wildman–Crippen LogP) is 2.85. The van der Waals surface area contributed by atoms with E-state index in [4.69, 9.17) is 4.52 Å². The van der Waals surface area contributed by atoms with Crippen LogP contribution in [0, 0.1) is 13.8 Å². The van der Waals surface area contributed by atoms with Gasteiger partial charge in [0.2, 0.25) is 0 Å². The van der Waals surface area contributed by atoms with Crippen LogP contribution in [-0.4, -0.2) is 10.3 Å². The molecule has 1 aromatic heterocycles. The van der Waals surface area contributed by atoms with Gasteiger partial charge in [0.15, 0.2) is 0 Å². The zero-order valence-corrected chi connectivity index (χ0v) is 10.9. The SMILES string of the molecule is Cc1noc(C)c1CNC(C)c1cccc(O)c1. The Balaban J connectivity index is 2.02. The van der Waals surface area contributed by atoms with Crippen molar-refractivity contribution >= 4 is 0 Å². The number of hydrogen-bond acceptors (Lipinski definition) is 4. The molecule has 0 amide bonds. The van der Waals surface area contributed by atoms with Gasteiger partial charge < -0.3 is 14.9 Å². The highest BCUT2D eigenvalue weighted by Crippen LogP contribution is 2.19. The van der Waals surface area contributed by atoms with Gasteiger partial charge >= 0.3 is 0 Å². The number of hydrogen-bond donors (Lipinski definition) is 2. The highest BCUT2D eigenvalue weighted by atomic mass is 16.5. The van der Waals surface area contributed by atoms with Crippen molar-refractivity contribution in [3.05, 3.63) is 46.8 Å². The minimum absolute atomic E-state index is 0.158. The first kappa shape index (κ1) is 12.6. The van der Waals surface area contributed by atoms with Gasteiger partial charge in [-0.1, -0.05) is 17.3 Å². The van der Waals surface area contributed by atoms with E-state index in [0.717, 1.165) is 22.6 Å². The lowest BCUT2D eigenvalue weighted by atomic mass is 10.1. The van der Waals surface area contributed by atoms with Gasteiger partial charge in [0.05, 0.1) is 5.69 Å². The van der Waals surface area contributed by atoms with Crippen molar-refractivity contribution in [1.82, 2.24) is 10.5 Å². The van der Waals surface area contributed by atoms with Crippen molar-refractivity contribution in [2.45, 2.75) is 33.4 Å². The Morgan fingerprint density at radius 2 is 2.17 bits per heavy atom. The van der Waals surface area contributed by atoms with E-state index in [2.05, 4.69) is 17.4 Å². The van der Waals surface area contributed by atoms with Crippen LogP contribution in [0.1, 0.15) is 35.5 Å². The summed E-state index contributed by atoms with van der Waals surface area (Å²) in [4.78, 5) is 0. The first-order chi connectivity index (χ1) is 8.58. The third kappa shape index (κ3) is 2.71. The van der Waals surface area contributed by atoms with Gasteiger partial charge in [0.25, 0.3) is 0 Å². The Bertz CT molecular complexity index is 515. The maximum Gasteiger partial charge on any atom is 0.138 e. The molecule has 2 N–H and O–H groups in total. The average Bonchev–Trinajstić information content (AvgIpc) is 2.66. The number of nitrogens with zero attached hydrogens (tertiary/aromatic N) is 1. The molecule has 1 unspecified atom stereocenters. The molecule has 0 fully saturated rings. The molecule has 1 aromatic carbocycles. The van der Waals surface area contributed by atoms with Crippen molar-refractivity contribution in [3.63, 3.8) is 0 Å². The Kier molecular flexibility index (Phi) is 3.67. The summed E-state index contributed by atoms with van der Waals surface area (Å²) in [6, 6.07) is 7.43. The molecule has 18 heavy (non-hydrogen) atoms. The maximum absolute atomic E-state index is 9.45. The Hall–Kier alpha value is -1.81. The molecule has 4 heteroatoms. The number of aromatic nitrogens is 1. The summed E-state index contributed by atoms with van der Waals surface area (Å²) in [6.07, 6.45) is 0. The fourth-order valence-electron chi connectivity index (χ4n) is 1.92. The average molecular weight is 246 g/mol. The van der Waals surface area contributed by atoms with Crippen LogP contribution in [0.2, 0.25) is 0 Å². The maximum atomic E-state index is 9.45. The highest BCUT2D eigenvalue weighted by molar-refractivity contribution is 5.29. The molecule has 0 saturated carbocycles. The van der Waals surface area contributed by atoms with E-state index in [1.54, 1.807) is 12.1 Å². The molecular weight excluding hydrogens is 228 g/mol. The van der Waals surface area contributed by atoms with E-state index in [0.29, 0.717) is 12.3 Å². The summed E-state index contributed by atoms with van der Waals surface area (Å²) < 4.78 is 5.12. The zero-order chi connectivity index (χ0) is 13.1. The Labute approximate surface area is 107 Å². The summed E-state index contributed by atoms with van der Waals surface area (Å²) in [5.41, 5.74) is 3.08. The van der Waals surface area contributed by atoms with Gasteiger partial charge in [-0.25, -0.2) is 0 Å². The number of benzene rings is 1. The summed E-state index contributed by atoms with van der Waals surface area (Å²) in [7, 11) is 0. The third-order valence-electron chi connectivity index (χ3n) is 3.14. The van der Waals surface area contributed by atoms with E-state index >= 15 is 0 Å². The first-order valence-corrected chi connectivity index (χ1v) is 6.02. The molecule has 4 nitrogen and oxygen atoms in total. The number of aryl methyl sites for hydroxylation is 2. The molecule has 0 radical (unpaired) electrons. The van der Waals surface area contributed by atoms with E-state index in [9.17, 15) is 5.11 Å². The first-order valence-electron chi connectivity index (χ1n) is 6.02. The minimum Gasteiger partial charge on any atom is -0.508 e. The molecule has 1 atom stereocenters. The van der Waals surface area contributed by atoms with E-state index < -0.39 is 0 Å². The van der Waals surface area contributed by atoms with Gasteiger partial charge in [0, 0.05) is 18.2 Å². The van der Waals surface area contributed by atoms with E-state index in [1.807, 2.05) is 26.0 Å². The van der Waals surface area contributed by atoms with Gasteiger partial charge in [-0.3, -0.25) is 0 Å². The quantitative estimate of drug-likeness (QED) is 0.871. The van der Waals surface area contributed by atoms with Crippen molar-refractivity contribution < 1.29 is 9.63 Å². The van der Waals surface area contributed by atoms with Crippen molar-refractivity contribution in [2.24, 2.45) is 0 Å². The number of aromatic hydroxyl groups is 1. The van der Waals surface area contributed by atoms with Crippen LogP contribution in [0.3, 0.4) is 0 Å². The molecule has 0 aliphatic carbocycles. The molecule has 2 rings (SSSR count). The second-order valence-corrected chi connectivity index (χ2v) is 4.50. The lowest BCUT2D eigenvalue weighted by molar-refractivity contribution is 0.391. The number of nitrogens with one attached hydrogen (secondary N) is 1. The van der Waals surface area contributed by atoms with Crippen LogP contribution in [0.15, 0.2) is 28.8 Å². The molecule has 2 aromatic rings. The summed E-state index contributed by atoms with van der Waals surface area (Å²) in [5.74, 6) is 1.14. The molecule has 0 spiro atoms. The number of phenols is 1. The van der Waals surface area contributed by atoms with Gasteiger partial charge in [-0.2, -0.15) is 0 Å². The zero-order valence-electron chi connectivity index (χ0n) is 10.9. The largest absolute Gasteiger partial charge is 0.508 e. The van der Waals surface area contributed by atoms with Crippen LogP contribution in [0.5, 0.6) is 5.75 Å². The molecule has 0 bridgehead atoms. The predicted molar refractivity (Wildman–Crippen MR) is 69.3 cm³/mol. The fourth-order valence-corrected chi connectivity index (χ4v) is 1.92. The van der Waals surface area contributed by atoms with Crippen LogP contribution in [-0.2, 0) is 6.54 Å². The molecule has 0 aliphatic rings. The second-order valence-electron chi connectivity index (χ2n) is 4.50. The minimum atomic E-state index is 0.158. The van der Waals surface area contributed by atoms with Crippen LogP contribution in [0.4, 0.5) is 0 Å². The van der Waals surface area contributed by atoms with Crippen molar-refractivity contribution in [3.8, 4) is 5.75 Å². The number of phenolic OH excluding ortho intramolecular Hbond substituents is 1. The number of rotatable bonds is 4. The Morgan fingerprint density at radius 1 is 1.39 bits per heavy atom. The van der Waals surface area contributed by atoms with Gasteiger partial charge in [-0.05, 0) is 38.5 Å². The lowest BCUT2D eigenvalue weighted by Crippen LogP contribution is -2.18. The monoisotopic (exact) mass is 246 g/mol. The molecular formula is C14H18N2O2. The third-order valence-corrected chi connectivity index (χ3v) is 3.14. The summed E-state index contributed by atoms with van der Waals surface area (Å²) in [5, 5.41) is 16.8. The van der Waals surface area contributed by atoms with Crippen molar-refractivity contribution in [2.75, 3.05) is 0 Å². The lowest BCUT2D eigenvalue weighted by Gasteiger charge is -2.14. The summed E-state index contributed by atoms with van der Waals surface area (Å²) in [6.45, 7) is 6.62. The standard InChI is InChI=1S/C14H18N2O2/c1-9(12-5-4-6-13(17)7-12)15-8-14-10(2)16-18-11(14)3/h4-7,9,15,17H,8H2,1-3H3.